The summed E-state index contributed by atoms with van der Waals surface area (Å²) >= 11 is 6.23. The van der Waals surface area contributed by atoms with E-state index in [-0.39, 0.29) is 22.4 Å². The van der Waals surface area contributed by atoms with Crippen LogP contribution in [0.25, 0.3) is 11.3 Å². The fraction of sp³-hybridized carbons (Fsp3) is 0.211. The van der Waals surface area contributed by atoms with Crippen molar-refractivity contribution < 1.29 is 27.6 Å². The van der Waals surface area contributed by atoms with E-state index in [4.69, 9.17) is 16.1 Å². The molecule has 7 nitrogen and oxygen atoms in total. The van der Waals surface area contributed by atoms with Gasteiger partial charge in [-0.3, -0.25) is 9.78 Å². The third-order valence-electron chi connectivity index (χ3n) is 4.38. The zero-order valence-corrected chi connectivity index (χ0v) is 16.0. The third kappa shape index (κ3) is 3.61. The minimum absolute atomic E-state index is 0.130. The predicted octanol–water partition coefficient (Wildman–Crippen LogP) is 4.83. The number of aryl methyl sites for hydroxylation is 2. The van der Waals surface area contributed by atoms with Crippen LogP contribution in [0.1, 0.15) is 28.6 Å². The molecule has 0 atom stereocenters. The van der Waals surface area contributed by atoms with Crippen molar-refractivity contribution in [3.63, 3.8) is 0 Å². The Kier molecular flexibility index (Phi) is 4.62. The Hall–Kier alpha value is -3.20. The van der Waals surface area contributed by atoms with E-state index < -0.39 is 6.29 Å². The van der Waals surface area contributed by atoms with E-state index in [2.05, 4.69) is 24.9 Å². The Bertz CT molecular complexity index is 1120. The van der Waals surface area contributed by atoms with Gasteiger partial charge in [0.15, 0.2) is 11.5 Å². The molecule has 1 amide bonds. The van der Waals surface area contributed by atoms with Crippen LogP contribution in [0.5, 0.6) is 11.5 Å². The molecule has 0 saturated heterocycles. The zero-order valence-electron chi connectivity index (χ0n) is 15.3. The van der Waals surface area contributed by atoms with Crippen molar-refractivity contribution in [3.8, 4) is 22.8 Å². The topological polar surface area (TPSA) is 86.5 Å². The Balaban J connectivity index is 1.66. The lowest BCUT2D eigenvalue weighted by Gasteiger charge is -2.12. The first-order valence-corrected chi connectivity index (χ1v) is 8.96. The first-order chi connectivity index (χ1) is 13.8. The average Bonchev–Trinajstić information content (AvgIpc) is 3.22. The van der Waals surface area contributed by atoms with Crippen LogP contribution in [-0.4, -0.2) is 22.3 Å². The lowest BCUT2D eigenvalue weighted by Crippen LogP contribution is -2.25. The Labute approximate surface area is 168 Å². The van der Waals surface area contributed by atoms with Crippen LogP contribution in [0.3, 0.4) is 0 Å². The molecule has 3 heterocycles. The van der Waals surface area contributed by atoms with E-state index in [1.807, 2.05) is 6.92 Å². The van der Waals surface area contributed by atoms with Crippen molar-refractivity contribution in [1.82, 2.24) is 10.1 Å². The van der Waals surface area contributed by atoms with Gasteiger partial charge in [-0.15, -0.1) is 8.78 Å². The minimum Gasteiger partial charge on any atom is -0.395 e. The van der Waals surface area contributed by atoms with Crippen LogP contribution in [0, 0.1) is 6.92 Å². The van der Waals surface area contributed by atoms with E-state index in [9.17, 15) is 13.6 Å². The van der Waals surface area contributed by atoms with Crippen LogP contribution in [0.2, 0.25) is 5.02 Å². The molecule has 2 aromatic heterocycles. The van der Waals surface area contributed by atoms with Gasteiger partial charge in [0.25, 0.3) is 5.91 Å². The highest BCUT2D eigenvalue weighted by molar-refractivity contribution is 6.33. The molecule has 1 aromatic carbocycles. The van der Waals surface area contributed by atoms with Gasteiger partial charge < -0.3 is 19.3 Å². The number of hydrogen-bond donors (Lipinski definition) is 1. The number of amides is 1. The molecule has 0 spiro atoms. The number of nitrogens with one attached hydrogen (secondary N) is 1. The quantitative estimate of drug-likeness (QED) is 0.649. The summed E-state index contributed by atoms with van der Waals surface area (Å²) in [6, 6.07) is 4.32. The van der Waals surface area contributed by atoms with Gasteiger partial charge in [0.05, 0.1) is 28.8 Å². The highest BCUT2D eigenvalue weighted by Crippen LogP contribution is 2.46. The molecule has 1 N–H and O–H groups in total. The second-order valence-corrected chi connectivity index (χ2v) is 6.68. The lowest BCUT2D eigenvalue weighted by molar-refractivity contribution is -0.286. The monoisotopic (exact) mass is 421 g/mol. The van der Waals surface area contributed by atoms with Gasteiger partial charge in [0.2, 0.25) is 0 Å². The number of hydrogen-bond acceptors (Lipinski definition) is 6. The zero-order chi connectivity index (χ0) is 20.8. The van der Waals surface area contributed by atoms with Crippen LogP contribution in [0.4, 0.5) is 14.5 Å². The molecule has 29 heavy (non-hydrogen) atoms. The minimum atomic E-state index is -3.74. The summed E-state index contributed by atoms with van der Waals surface area (Å²) in [4.78, 5) is 16.7. The molecule has 0 unspecified atom stereocenters. The smallest absolute Gasteiger partial charge is 0.395 e. The van der Waals surface area contributed by atoms with E-state index >= 15 is 0 Å². The Morgan fingerprint density at radius 1 is 1.21 bits per heavy atom. The molecule has 10 heteroatoms. The lowest BCUT2D eigenvalue weighted by atomic mass is 10.1. The fourth-order valence-electron chi connectivity index (χ4n) is 2.92. The number of pyridine rings is 1. The number of aromatic nitrogens is 2. The molecule has 3 aromatic rings. The van der Waals surface area contributed by atoms with E-state index in [1.165, 1.54) is 24.5 Å². The van der Waals surface area contributed by atoms with Gasteiger partial charge in [-0.1, -0.05) is 23.7 Å². The number of benzene rings is 1. The number of carbonyl (C=O) groups is 1. The summed E-state index contributed by atoms with van der Waals surface area (Å²) in [5.41, 5.74) is 2.43. The number of anilines is 1. The second-order valence-electron chi connectivity index (χ2n) is 6.28. The molecule has 0 fully saturated rings. The number of fused-ring (bicyclic) bond motifs is 1. The highest BCUT2D eigenvalue weighted by atomic mass is 35.5. The van der Waals surface area contributed by atoms with Crippen LogP contribution in [0.15, 0.2) is 35.1 Å². The Morgan fingerprint density at radius 2 is 1.93 bits per heavy atom. The van der Waals surface area contributed by atoms with Gasteiger partial charge in [0.1, 0.15) is 11.3 Å². The summed E-state index contributed by atoms with van der Waals surface area (Å²) in [6.45, 7) is 3.54. The number of halogens is 3. The molecule has 4 rings (SSSR count). The standard InChI is InChI=1S/C19H14ClF2N3O4/c1-3-10-4-14(11-5-16-17(6-13(11)20)28-19(21,22)27-16)23-8-15(10)25-18(26)12-7-24-29-9(12)2/h4-8H,3H2,1-2H3,(H,25,26). The molecule has 1 aliphatic rings. The first kappa shape index (κ1) is 19.1. The maximum Gasteiger partial charge on any atom is 0.586 e. The summed E-state index contributed by atoms with van der Waals surface area (Å²) < 4.78 is 40.4. The van der Waals surface area contributed by atoms with Gasteiger partial charge >= 0.3 is 6.29 Å². The number of nitrogens with zero attached hydrogens (tertiary/aromatic N) is 2. The molecule has 150 valence electrons. The van der Waals surface area contributed by atoms with Crippen LogP contribution < -0.4 is 14.8 Å². The number of ether oxygens (including phenoxy) is 2. The van der Waals surface area contributed by atoms with Crippen molar-refractivity contribution in [2.24, 2.45) is 0 Å². The number of rotatable bonds is 4. The van der Waals surface area contributed by atoms with Crippen molar-refractivity contribution in [1.29, 1.82) is 0 Å². The summed E-state index contributed by atoms with van der Waals surface area (Å²) in [6.07, 6.45) is -0.348. The normalized spacial score (nSPS) is 14.1. The number of carbonyl (C=O) groups excluding carboxylic acids is 1. The van der Waals surface area contributed by atoms with Crippen LogP contribution >= 0.6 is 11.6 Å². The second kappa shape index (κ2) is 7.00. The SMILES string of the molecule is CCc1cc(-c2cc3c(cc2Cl)OC(F)(F)O3)ncc1NC(=O)c1cnoc1C. The van der Waals surface area contributed by atoms with Gasteiger partial charge in [-0.2, -0.15) is 0 Å². The summed E-state index contributed by atoms with van der Waals surface area (Å²) in [5, 5.41) is 6.54. The van der Waals surface area contributed by atoms with Gasteiger partial charge in [-0.05, 0) is 31.0 Å². The molecular formula is C19H14ClF2N3O4. The van der Waals surface area contributed by atoms with Crippen molar-refractivity contribution >= 4 is 23.2 Å². The van der Waals surface area contributed by atoms with Crippen LogP contribution in [-0.2, 0) is 6.42 Å². The maximum absolute atomic E-state index is 13.3. The fourth-order valence-corrected chi connectivity index (χ4v) is 3.17. The largest absolute Gasteiger partial charge is 0.586 e. The van der Waals surface area contributed by atoms with E-state index in [1.54, 1.807) is 13.0 Å². The van der Waals surface area contributed by atoms with Gasteiger partial charge in [-0.25, -0.2) is 0 Å². The molecule has 0 aliphatic carbocycles. The highest BCUT2D eigenvalue weighted by Gasteiger charge is 2.44. The van der Waals surface area contributed by atoms with Gasteiger partial charge in [0, 0.05) is 11.6 Å². The van der Waals surface area contributed by atoms with Crippen molar-refractivity contribution in [3.05, 3.63) is 52.5 Å². The molecule has 0 saturated carbocycles. The average molecular weight is 422 g/mol. The molecular weight excluding hydrogens is 408 g/mol. The van der Waals surface area contributed by atoms with Crippen molar-refractivity contribution in [2.75, 3.05) is 5.32 Å². The molecule has 1 aliphatic heterocycles. The third-order valence-corrected chi connectivity index (χ3v) is 4.69. The molecule has 0 radical (unpaired) electrons. The van der Waals surface area contributed by atoms with Crippen molar-refractivity contribution in [2.45, 2.75) is 26.6 Å². The van der Waals surface area contributed by atoms with E-state index in [0.717, 1.165) is 5.56 Å². The molecule has 0 bridgehead atoms. The first-order valence-electron chi connectivity index (χ1n) is 8.58. The maximum atomic E-state index is 13.3. The predicted molar refractivity (Wildman–Crippen MR) is 99.5 cm³/mol. The summed E-state index contributed by atoms with van der Waals surface area (Å²) in [5.74, 6) is -0.257. The summed E-state index contributed by atoms with van der Waals surface area (Å²) in [7, 11) is 0. The Morgan fingerprint density at radius 3 is 2.59 bits per heavy atom. The van der Waals surface area contributed by atoms with E-state index in [0.29, 0.717) is 34.7 Å². The number of alkyl halides is 2.